The van der Waals surface area contributed by atoms with E-state index in [4.69, 9.17) is 158 Å². The van der Waals surface area contributed by atoms with Crippen molar-refractivity contribution in [3.8, 4) is 0 Å². The van der Waals surface area contributed by atoms with Gasteiger partial charge in [0.15, 0.2) is 0 Å². The zero-order valence-corrected chi connectivity index (χ0v) is 72.7. The van der Waals surface area contributed by atoms with E-state index in [2.05, 4.69) is 231 Å². The maximum absolute atomic E-state index is 7.75. The van der Waals surface area contributed by atoms with Crippen LogP contribution in [0.25, 0.3) is 0 Å². The van der Waals surface area contributed by atoms with Gasteiger partial charge in [0.25, 0.3) is 0 Å². The molecule has 0 bridgehead atoms. The van der Waals surface area contributed by atoms with Crippen LogP contribution in [0.15, 0.2) is 0 Å². The Kier molecular flexibility index (Phi) is 7160. The van der Waals surface area contributed by atoms with E-state index in [1.54, 1.807) is 0 Å². The van der Waals surface area contributed by atoms with Gasteiger partial charge < -0.3 is 195 Å². The minimum atomic E-state index is 0. The number of hydrogen-bond acceptors (Lipinski definition) is 33. The standard InChI is InChI=1S/C6H12.4C5H10.33CHO.5CH3.2Co.2Fe.3Mn.3Ru/c1-6-4-2-3-5-6;4*1-2-4-5-3-1;33*1-2;;;;;;;;;;;;;;;/h6H,2-5H2,1H3;4*1-5H2;33*1H;5*1H3;;;;;;;;;;/q;;;;;38*-1;;;2*+3;;;;3*+3. The van der Waals surface area contributed by atoms with Crippen LogP contribution in [0.5, 0.6) is 0 Å². The average Bonchev–Trinajstić information content (AvgIpc) is 4.84. The molecule has 0 aromatic carbocycles. The summed E-state index contributed by atoms with van der Waals surface area (Å²) in [5.74, 6) is 1.05. The molecule has 656 valence electrons. The fourth-order valence-corrected chi connectivity index (χ4v) is 4.67. The monoisotopic (exact) mass is 2100 g/mol. The van der Waals surface area contributed by atoms with Crippen molar-refractivity contribution >= 4 is 224 Å². The number of hydrogen-bond donors (Lipinski definition) is 0. The van der Waals surface area contributed by atoms with Crippen molar-refractivity contribution < 1.29 is 336 Å². The van der Waals surface area contributed by atoms with Gasteiger partial charge in [0.2, 0.25) is 0 Å². The third kappa shape index (κ3) is 2100. The van der Waals surface area contributed by atoms with Crippen LogP contribution in [0.1, 0.15) is 161 Å². The van der Waals surface area contributed by atoms with E-state index in [-0.39, 0.29) is 214 Å². The van der Waals surface area contributed by atoms with Gasteiger partial charge in [0.1, 0.15) is 0 Å². The summed E-state index contributed by atoms with van der Waals surface area (Å²) in [7, 11) is 0. The van der Waals surface area contributed by atoms with Gasteiger partial charge in [-0.15, -0.1) is 0 Å². The molecule has 0 unspecified atom stereocenters. The Morgan fingerprint density at radius 1 is 0.140 bits per heavy atom. The van der Waals surface area contributed by atoms with E-state index in [1.165, 1.54) is 154 Å². The first-order valence-corrected chi connectivity index (χ1v) is 20.7. The van der Waals surface area contributed by atoms with Crippen LogP contribution in [0.2, 0.25) is 0 Å². The van der Waals surface area contributed by atoms with Crippen LogP contribution in [-0.2, 0) is 336 Å². The molecule has 0 amide bonds. The minimum Gasteiger partial charge on any atom is -0.545 e. The zero-order chi connectivity index (χ0) is 84.5. The molecule has 107 heavy (non-hydrogen) atoms. The Morgan fingerprint density at radius 3 is 0.196 bits per heavy atom. The van der Waals surface area contributed by atoms with Crippen LogP contribution in [-0.4, -0.2) is 224 Å². The predicted octanol–water partition coefficient (Wildman–Crippen LogP) is 3.18. The maximum atomic E-state index is 7.75. The molecular weight excluding hydrogens is 1990 g/mol. The molecule has 0 saturated heterocycles. The van der Waals surface area contributed by atoms with E-state index in [1.807, 2.05) is 0 Å². The molecule has 33 nitrogen and oxygen atoms in total. The van der Waals surface area contributed by atoms with Gasteiger partial charge in [-0.25, -0.2) is 0 Å². The van der Waals surface area contributed by atoms with Crippen LogP contribution < -0.4 is 0 Å². The van der Waals surface area contributed by atoms with Crippen molar-refractivity contribution in [1.29, 1.82) is 0 Å². The van der Waals surface area contributed by atoms with E-state index >= 15 is 0 Å². The quantitative estimate of drug-likeness (QED) is 0.191. The number of rotatable bonds is 0. The summed E-state index contributed by atoms with van der Waals surface area (Å²) in [4.78, 5) is 256. The van der Waals surface area contributed by atoms with E-state index in [0.29, 0.717) is 0 Å². The molecule has 0 aliphatic heterocycles. The maximum Gasteiger partial charge on any atom is 3.00 e. The normalized spacial score (nSPS) is 7.15. The summed E-state index contributed by atoms with van der Waals surface area (Å²) in [5, 5.41) is 0. The summed E-state index contributed by atoms with van der Waals surface area (Å²) in [5.41, 5.74) is 0. The Morgan fingerprint density at radius 2 is 0.178 bits per heavy atom. The van der Waals surface area contributed by atoms with E-state index in [9.17, 15) is 0 Å². The van der Waals surface area contributed by atoms with Gasteiger partial charge >= 0.3 is 92.6 Å². The molecule has 5 fully saturated rings. The van der Waals surface area contributed by atoms with Gasteiger partial charge in [-0.2, -0.15) is 0 Å². The van der Waals surface area contributed by atoms with Gasteiger partial charge in [-0.05, 0) is 5.92 Å². The molecule has 0 spiro atoms. The molecule has 0 heterocycles. The van der Waals surface area contributed by atoms with Gasteiger partial charge in [-0.3, -0.25) is 224 Å². The predicted molar refractivity (Wildman–Crippen MR) is 375 cm³/mol. The largest absolute Gasteiger partial charge is 3.00 e. The molecule has 0 aromatic heterocycles. The second-order valence-electron chi connectivity index (χ2n) is 9.46. The van der Waals surface area contributed by atoms with Crippen molar-refractivity contribution in [2.45, 2.75) is 161 Å². The Balaban J connectivity index is -0.00000000731. The first kappa shape index (κ1) is 358. The molecule has 5 aliphatic carbocycles. The molecule has 5 aliphatic rings. The van der Waals surface area contributed by atoms with Gasteiger partial charge in [0, 0.05) is 84.8 Å². The van der Waals surface area contributed by atoms with Crippen molar-refractivity contribution in [2.24, 2.45) is 5.92 Å². The smallest absolute Gasteiger partial charge is 0.545 e. The third-order valence-electron chi connectivity index (χ3n) is 6.64. The minimum absolute atomic E-state index is 0. The molecule has 5 rings (SSSR count). The third-order valence-corrected chi connectivity index (χ3v) is 6.64. The average molecular weight is 2100 g/mol. The van der Waals surface area contributed by atoms with E-state index in [0.717, 1.165) is 5.92 Å². The Bertz CT molecular complexity index is 607. The fourth-order valence-electron chi connectivity index (χ4n) is 4.67. The molecule has 0 N–H and O–H groups in total. The van der Waals surface area contributed by atoms with Crippen molar-refractivity contribution in [3.63, 3.8) is 0 Å². The first-order chi connectivity index (χ1) is 45.9. The van der Waals surface area contributed by atoms with Gasteiger partial charge in [-0.1, -0.05) is 161 Å². The molecule has 0 atom stereocenters. The summed E-state index contributed by atoms with van der Waals surface area (Å²) in [6.45, 7) is 110. The molecular formula is C64H100Co2Fe2Mn3O33Ru3-23. The SMILES string of the molecule is C1CCCC1.C1CCCC1.C1CCCC1.C1CCCC1.CC1CCCC1.[CH-]=O.[CH-]=O.[CH-]=O.[CH-]=O.[CH-]=O.[CH-]=O.[CH-]=O.[CH-]=O.[CH-]=O.[CH-]=O.[CH-]=O.[CH-]=O.[CH-]=O.[CH-]=O.[CH-]=O.[CH-]=O.[CH-]=O.[CH-]=O.[CH-]=O.[CH-]=O.[CH-]=O.[CH-]=O.[CH-]=O.[CH-]=O.[CH-]=O.[CH-]=O.[CH-]=O.[CH-]=O.[CH-]=O.[CH-]=O.[CH-]=O.[CH-]=O.[CH-]=O.[CH3-].[CH3-].[CH3-].[CH3-].[CH3-].[Co].[Co].[Fe+3].[Fe+3].[Mn].[Mn].[Mn].[Ru+3].[Ru+3].[Ru+3]. The van der Waals surface area contributed by atoms with Crippen molar-refractivity contribution in [3.05, 3.63) is 37.1 Å². The van der Waals surface area contributed by atoms with E-state index < -0.39 is 0 Å². The number of carbonyl (C=O) groups excluding carboxylic acids is 33. The van der Waals surface area contributed by atoms with Crippen LogP contribution in [0.4, 0.5) is 0 Å². The Hall–Kier alpha value is -5.41. The second kappa shape index (κ2) is 2140. The summed E-state index contributed by atoms with van der Waals surface area (Å²) < 4.78 is 0. The summed E-state index contributed by atoms with van der Waals surface area (Å²) in [6, 6.07) is 0. The topological polar surface area (TPSA) is 563 Å². The molecule has 10 radical (unpaired) electrons. The summed E-state index contributed by atoms with van der Waals surface area (Å²) in [6.07, 6.45) is 35.9. The fraction of sp³-hybridized carbons (Fsp3) is 0.406. The first-order valence-electron chi connectivity index (χ1n) is 20.7. The molecule has 43 heteroatoms. The molecule has 0 aromatic rings. The van der Waals surface area contributed by atoms with Crippen LogP contribution >= 0.6 is 0 Å². The zero-order valence-electron chi connectivity index (χ0n) is 59.6. The van der Waals surface area contributed by atoms with Crippen molar-refractivity contribution in [1.82, 2.24) is 0 Å². The summed E-state index contributed by atoms with van der Waals surface area (Å²) >= 11 is 0. The van der Waals surface area contributed by atoms with Crippen LogP contribution in [0.3, 0.4) is 0 Å². The Labute approximate surface area is 757 Å². The molecule has 5 saturated carbocycles. The van der Waals surface area contributed by atoms with Gasteiger partial charge in [0.05, 0.1) is 0 Å². The van der Waals surface area contributed by atoms with Crippen LogP contribution in [0, 0.1) is 43.1 Å². The van der Waals surface area contributed by atoms with Crippen molar-refractivity contribution in [2.75, 3.05) is 0 Å². The second-order valence-corrected chi connectivity index (χ2v) is 9.46.